The van der Waals surface area contributed by atoms with Crippen LogP contribution in [-0.2, 0) is 21.2 Å². The molecule has 1 aliphatic rings. The minimum Gasteiger partial charge on any atom is -0.492 e. The van der Waals surface area contributed by atoms with Gasteiger partial charge in [-0.25, -0.2) is 18.6 Å². The van der Waals surface area contributed by atoms with E-state index in [1.54, 1.807) is 42.5 Å². The molecule has 5 rings (SSSR count). The van der Waals surface area contributed by atoms with Crippen LogP contribution in [0.15, 0.2) is 60.9 Å². The van der Waals surface area contributed by atoms with Gasteiger partial charge in [0.25, 0.3) is 0 Å². The Morgan fingerprint density at radius 2 is 2.02 bits per heavy atom. The molecule has 0 bridgehead atoms. The normalized spacial score (nSPS) is 16.6. The molecule has 2 heterocycles. The van der Waals surface area contributed by atoms with Crippen molar-refractivity contribution in [3.05, 3.63) is 77.3 Å². The third kappa shape index (κ3) is 7.01. The summed E-state index contributed by atoms with van der Waals surface area (Å²) in [5, 5.41) is 7.28. The number of halogens is 2. The topological polar surface area (TPSA) is 102 Å². The van der Waals surface area contributed by atoms with Crippen LogP contribution in [0.4, 0.5) is 21.6 Å². The molecule has 4 aromatic rings. The zero-order valence-electron chi connectivity index (χ0n) is 21.5. The van der Waals surface area contributed by atoms with Crippen molar-refractivity contribution < 1.29 is 22.9 Å². The van der Waals surface area contributed by atoms with E-state index in [0.29, 0.717) is 62.5 Å². The van der Waals surface area contributed by atoms with Gasteiger partial charge < -0.3 is 20.1 Å². The van der Waals surface area contributed by atoms with Gasteiger partial charge in [0.05, 0.1) is 32.7 Å². The lowest BCUT2D eigenvalue weighted by Crippen LogP contribution is -2.17. The number of hydrogen-bond acceptors (Lipinski definition) is 8. The SMILES string of the molecule is CCOc1cc2ncnc(Nc3ccc(OCc4cccc(F)c4)c(Cl)c3)c2cc1NC(=O)CC1CCS(=O)S1. The molecular weight excluding hydrogens is 575 g/mol. The van der Waals surface area contributed by atoms with Crippen LogP contribution in [0, 0.1) is 5.82 Å². The number of amides is 1. The Labute approximate surface area is 241 Å². The van der Waals surface area contributed by atoms with Crippen LogP contribution in [0.3, 0.4) is 0 Å². The number of fused-ring (bicyclic) bond motifs is 1. The maximum absolute atomic E-state index is 13.4. The van der Waals surface area contributed by atoms with Gasteiger partial charge in [0.1, 0.15) is 36.1 Å². The number of carbonyl (C=O) groups is 1. The van der Waals surface area contributed by atoms with E-state index in [2.05, 4.69) is 20.6 Å². The average molecular weight is 601 g/mol. The van der Waals surface area contributed by atoms with Gasteiger partial charge in [-0.1, -0.05) is 34.5 Å². The maximum Gasteiger partial charge on any atom is 0.225 e. The van der Waals surface area contributed by atoms with E-state index in [0.717, 1.165) is 6.42 Å². The summed E-state index contributed by atoms with van der Waals surface area (Å²) in [6, 6.07) is 14.9. The Morgan fingerprint density at radius 3 is 2.77 bits per heavy atom. The van der Waals surface area contributed by atoms with Crippen molar-refractivity contribution in [1.82, 2.24) is 9.97 Å². The second kappa shape index (κ2) is 12.8. The number of aromatic nitrogens is 2. The third-order valence-electron chi connectivity index (χ3n) is 6.05. The molecule has 2 atom stereocenters. The predicted octanol–water partition coefficient (Wildman–Crippen LogP) is 6.64. The average Bonchev–Trinajstić information content (AvgIpc) is 3.33. The number of hydrogen-bond donors (Lipinski definition) is 2. The highest BCUT2D eigenvalue weighted by Gasteiger charge is 2.25. The largest absolute Gasteiger partial charge is 0.492 e. The molecule has 3 aromatic carbocycles. The molecule has 1 saturated heterocycles. The molecule has 1 aromatic heterocycles. The van der Waals surface area contributed by atoms with E-state index in [9.17, 15) is 13.4 Å². The van der Waals surface area contributed by atoms with Crippen molar-refractivity contribution >= 4 is 66.2 Å². The Balaban J connectivity index is 1.35. The minimum atomic E-state index is -0.923. The predicted molar refractivity (Wildman–Crippen MR) is 158 cm³/mol. The van der Waals surface area contributed by atoms with Gasteiger partial charge >= 0.3 is 0 Å². The third-order valence-corrected chi connectivity index (χ3v) is 9.77. The minimum absolute atomic E-state index is 0.0305. The first-order valence-corrected chi connectivity index (χ1v) is 15.7. The van der Waals surface area contributed by atoms with Crippen molar-refractivity contribution in [2.75, 3.05) is 23.0 Å². The van der Waals surface area contributed by atoms with Crippen molar-refractivity contribution in [1.29, 1.82) is 0 Å². The number of rotatable bonds is 10. The quantitative estimate of drug-likeness (QED) is 0.195. The lowest BCUT2D eigenvalue weighted by Gasteiger charge is -2.16. The van der Waals surface area contributed by atoms with Gasteiger partial charge in [0, 0.05) is 34.6 Å². The summed E-state index contributed by atoms with van der Waals surface area (Å²) in [6.07, 6.45) is 2.45. The van der Waals surface area contributed by atoms with Crippen LogP contribution in [0.1, 0.15) is 25.3 Å². The highest BCUT2D eigenvalue weighted by atomic mass is 35.5. The van der Waals surface area contributed by atoms with Crippen LogP contribution in [0.25, 0.3) is 10.9 Å². The fourth-order valence-electron chi connectivity index (χ4n) is 4.20. The fourth-order valence-corrected chi connectivity index (χ4v) is 7.87. The van der Waals surface area contributed by atoms with Crippen LogP contribution in [-0.4, -0.2) is 37.7 Å². The Morgan fingerprint density at radius 1 is 1.15 bits per heavy atom. The van der Waals surface area contributed by atoms with Gasteiger partial charge in [-0.15, -0.1) is 0 Å². The monoisotopic (exact) mass is 600 g/mol. The van der Waals surface area contributed by atoms with Crippen LogP contribution < -0.4 is 20.1 Å². The van der Waals surface area contributed by atoms with Gasteiger partial charge in [0.2, 0.25) is 5.91 Å². The first kappa shape index (κ1) is 28.1. The molecule has 0 radical (unpaired) electrons. The number of nitrogens with zero attached hydrogens (tertiary/aromatic N) is 2. The molecule has 0 spiro atoms. The molecule has 2 unspecified atom stereocenters. The summed E-state index contributed by atoms with van der Waals surface area (Å²) in [4.78, 5) is 21.6. The van der Waals surface area contributed by atoms with Crippen LogP contribution in [0.5, 0.6) is 11.5 Å². The highest BCUT2D eigenvalue weighted by Crippen LogP contribution is 2.36. The van der Waals surface area contributed by atoms with E-state index in [4.69, 9.17) is 21.1 Å². The first-order valence-electron chi connectivity index (χ1n) is 12.6. The van der Waals surface area contributed by atoms with E-state index in [1.165, 1.54) is 29.3 Å². The lowest BCUT2D eigenvalue weighted by molar-refractivity contribution is -0.116. The molecule has 1 fully saturated rings. The highest BCUT2D eigenvalue weighted by molar-refractivity contribution is 8.69. The second-order valence-corrected chi connectivity index (χ2v) is 13.0. The molecule has 40 heavy (non-hydrogen) atoms. The molecule has 0 saturated carbocycles. The zero-order chi connectivity index (χ0) is 28.1. The molecule has 8 nitrogen and oxygen atoms in total. The summed E-state index contributed by atoms with van der Waals surface area (Å²) in [5.41, 5.74) is 2.48. The van der Waals surface area contributed by atoms with Crippen LogP contribution in [0.2, 0.25) is 5.02 Å². The summed E-state index contributed by atoms with van der Waals surface area (Å²) in [7, 11) is 0.422. The second-order valence-electron chi connectivity index (χ2n) is 8.98. The smallest absolute Gasteiger partial charge is 0.225 e. The van der Waals surface area contributed by atoms with Crippen LogP contribution >= 0.6 is 22.4 Å². The summed E-state index contributed by atoms with van der Waals surface area (Å²) < 4.78 is 36.7. The fraction of sp³-hybridized carbons (Fsp3) is 0.250. The Kier molecular flexibility index (Phi) is 9.03. The number of nitrogens with one attached hydrogen (secondary N) is 2. The Hall–Kier alpha value is -3.41. The summed E-state index contributed by atoms with van der Waals surface area (Å²) >= 11 is 6.47. The van der Waals surface area contributed by atoms with E-state index < -0.39 is 9.83 Å². The van der Waals surface area contributed by atoms with Gasteiger partial charge in [-0.05, 0) is 55.3 Å². The molecule has 2 N–H and O–H groups in total. The standard InChI is InChI=1S/C28H26ClFN4O4S2/c1-2-37-26-14-23-21(13-24(26)34-27(35)12-20-8-9-40(36)39-20)28(32-16-31-23)33-19-6-7-25(22(29)11-19)38-15-17-4-3-5-18(30)10-17/h3-7,10-11,13-14,16,20H,2,8-9,12,15H2,1H3,(H,34,35)(H,31,32,33). The van der Waals surface area contributed by atoms with Crippen molar-refractivity contribution in [2.45, 2.75) is 31.6 Å². The molecule has 1 aliphatic heterocycles. The molecular formula is C28H26ClFN4O4S2. The van der Waals surface area contributed by atoms with E-state index >= 15 is 0 Å². The molecule has 1 amide bonds. The van der Waals surface area contributed by atoms with E-state index in [1.807, 2.05) is 6.92 Å². The number of benzene rings is 3. The van der Waals surface area contributed by atoms with Gasteiger partial charge in [-0.2, -0.15) is 0 Å². The summed E-state index contributed by atoms with van der Waals surface area (Å²) in [5.74, 6) is 1.57. The number of ether oxygens (including phenoxy) is 2. The molecule has 208 valence electrons. The zero-order valence-corrected chi connectivity index (χ0v) is 23.9. The van der Waals surface area contributed by atoms with Crippen molar-refractivity contribution in [3.63, 3.8) is 0 Å². The van der Waals surface area contributed by atoms with Crippen molar-refractivity contribution in [2.24, 2.45) is 0 Å². The molecule has 12 heteroatoms. The maximum atomic E-state index is 13.4. The first-order chi connectivity index (χ1) is 19.4. The Bertz CT molecular complexity index is 1580. The van der Waals surface area contributed by atoms with Crippen molar-refractivity contribution in [3.8, 4) is 11.5 Å². The molecule has 0 aliphatic carbocycles. The van der Waals surface area contributed by atoms with E-state index in [-0.39, 0.29) is 30.0 Å². The number of anilines is 3. The van der Waals surface area contributed by atoms with Gasteiger partial charge in [-0.3, -0.25) is 4.79 Å². The van der Waals surface area contributed by atoms with Gasteiger partial charge in [0.15, 0.2) is 0 Å². The summed E-state index contributed by atoms with van der Waals surface area (Å²) in [6.45, 7) is 2.45. The lowest BCUT2D eigenvalue weighted by atomic mass is 10.1. The number of carbonyl (C=O) groups excluding carboxylic acids is 1.